The van der Waals surface area contributed by atoms with Gasteiger partial charge < -0.3 is 19.4 Å². The van der Waals surface area contributed by atoms with Crippen molar-refractivity contribution in [3.63, 3.8) is 0 Å². The summed E-state index contributed by atoms with van der Waals surface area (Å²) in [6, 6.07) is 16.0. The number of hydrogen-bond acceptors (Lipinski definition) is 4. The maximum atomic E-state index is 12.7. The monoisotopic (exact) mass is 378 g/mol. The lowest BCUT2D eigenvalue weighted by Gasteiger charge is -2.13. The maximum absolute atomic E-state index is 12.7. The minimum Gasteiger partial charge on any atom is -0.497 e. The van der Waals surface area contributed by atoms with Crippen molar-refractivity contribution in [2.24, 2.45) is 0 Å². The van der Waals surface area contributed by atoms with Gasteiger partial charge in [-0.3, -0.25) is 9.59 Å². The quantitative estimate of drug-likeness (QED) is 0.713. The zero-order valence-corrected chi connectivity index (χ0v) is 16.1. The topological polar surface area (TPSA) is 69.6 Å². The highest BCUT2D eigenvalue weighted by atomic mass is 16.5. The Morgan fingerprint density at radius 3 is 2.57 bits per heavy atom. The zero-order valence-electron chi connectivity index (χ0n) is 16.1. The predicted molar refractivity (Wildman–Crippen MR) is 108 cm³/mol. The van der Waals surface area contributed by atoms with Crippen LogP contribution in [0.3, 0.4) is 0 Å². The molecular formula is C22H22N2O4. The summed E-state index contributed by atoms with van der Waals surface area (Å²) < 4.78 is 12.0. The second-order valence-corrected chi connectivity index (χ2v) is 6.39. The molecule has 1 heterocycles. The average molecular weight is 378 g/mol. The molecule has 0 fully saturated rings. The van der Waals surface area contributed by atoms with Crippen LogP contribution < -0.4 is 20.3 Å². The summed E-state index contributed by atoms with van der Waals surface area (Å²) in [5, 5.41) is 2.81. The fraction of sp³-hybridized carbons (Fsp3) is 0.182. The Labute approximate surface area is 163 Å². The highest BCUT2D eigenvalue weighted by Crippen LogP contribution is 2.29. The van der Waals surface area contributed by atoms with Crippen molar-refractivity contribution >= 4 is 11.6 Å². The highest BCUT2D eigenvalue weighted by Gasteiger charge is 2.12. The van der Waals surface area contributed by atoms with Crippen LogP contribution in [0.15, 0.2) is 65.6 Å². The van der Waals surface area contributed by atoms with Crippen molar-refractivity contribution in [2.75, 3.05) is 19.5 Å². The Kier molecular flexibility index (Phi) is 5.79. The first-order chi connectivity index (χ1) is 13.5. The third kappa shape index (κ3) is 4.40. The molecule has 28 heavy (non-hydrogen) atoms. The summed E-state index contributed by atoms with van der Waals surface area (Å²) in [4.78, 5) is 24.9. The standard InChI is InChI=1S/C22H22N2O4/c1-15-5-4-6-16(11-15)13-24-14-17(7-10-21(24)25)22(26)23-19-12-18(27-2)8-9-20(19)28-3/h4-12,14H,13H2,1-3H3,(H,23,26). The van der Waals surface area contributed by atoms with Crippen LogP contribution >= 0.6 is 0 Å². The molecule has 6 heteroatoms. The van der Waals surface area contributed by atoms with E-state index in [2.05, 4.69) is 5.32 Å². The summed E-state index contributed by atoms with van der Waals surface area (Å²) in [6.45, 7) is 2.39. The van der Waals surface area contributed by atoms with Crippen molar-refractivity contribution in [3.8, 4) is 11.5 Å². The number of amides is 1. The molecule has 1 amide bonds. The largest absolute Gasteiger partial charge is 0.497 e. The van der Waals surface area contributed by atoms with E-state index in [1.54, 1.807) is 31.5 Å². The Morgan fingerprint density at radius 1 is 1.04 bits per heavy atom. The van der Waals surface area contributed by atoms with Crippen LogP contribution in [0.2, 0.25) is 0 Å². The number of nitrogens with zero attached hydrogens (tertiary/aromatic N) is 1. The van der Waals surface area contributed by atoms with Crippen molar-refractivity contribution < 1.29 is 14.3 Å². The van der Waals surface area contributed by atoms with Crippen molar-refractivity contribution in [1.82, 2.24) is 4.57 Å². The number of anilines is 1. The van der Waals surface area contributed by atoms with Crippen LogP contribution in [0.5, 0.6) is 11.5 Å². The van der Waals surface area contributed by atoms with Gasteiger partial charge in [-0.05, 0) is 30.7 Å². The molecule has 0 saturated carbocycles. The number of nitrogens with one attached hydrogen (secondary N) is 1. The van der Waals surface area contributed by atoms with Gasteiger partial charge in [0.2, 0.25) is 0 Å². The fourth-order valence-corrected chi connectivity index (χ4v) is 2.90. The molecule has 0 saturated heterocycles. The predicted octanol–water partition coefficient (Wildman–Crippen LogP) is 3.47. The molecule has 0 radical (unpaired) electrons. The van der Waals surface area contributed by atoms with E-state index in [0.29, 0.717) is 29.3 Å². The number of aromatic nitrogens is 1. The Hall–Kier alpha value is -3.54. The number of hydrogen-bond donors (Lipinski definition) is 1. The van der Waals surface area contributed by atoms with Crippen molar-refractivity contribution in [1.29, 1.82) is 0 Å². The smallest absolute Gasteiger partial charge is 0.257 e. The third-order valence-electron chi connectivity index (χ3n) is 4.34. The van der Waals surface area contributed by atoms with Gasteiger partial charge in [0.15, 0.2) is 0 Å². The molecule has 0 aliphatic rings. The van der Waals surface area contributed by atoms with Gasteiger partial charge in [-0.1, -0.05) is 29.8 Å². The van der Waals surface area contributed by atoms with Crippen LogP contribution in [-0.2, 0) is 6.54 Å². The molecule has 2 aromatic carbocycles. The van der Waals surface area contributed by atoms with Gasteiger partial charge >= 0.3 is 0 Å². The molecule has 1 aromatic heterocycles. The summed E-state index contributed by atoms with van der Waals surface area (Å²) in [5.41, 5.74) is 2.80. The first-order valence-corrected chi connectivity index (χ1v) is 8.79. The summed E-state index contributed by atoms with van der Waals surface area (Å²) in [5.74, 6) is 0.771. The van der Waals surface area contributed by atoms with E-state index in [-0.39, 0.29) is 11.5 Å². The van der Waals surface area contributed by atoms with Crippen LogP contribution in [0.25, 0.3) is 0 Å². The minimum atomic E-state index is -0.343. The Balaban J connectivity index is 1.86. The number of carbonyl (C=O) groups is 1. The molecule has 0 aliphatic heterocycles. The normalized spacial score (nSPS) is 10.4. The van der Waals surface area contributed by atoms with Gasteiger partial charge in [-0.15, -0.1) is 0 Å². The third-order valence-corrected chi connectivity index (χ3v) is 4.34. The molecule has 0 aliphatic carbocycles. The summed E-state index contributed by atoms with van der Waals surface area (Å²) in [6.07, 6.45) is 1.56. The SMILES string of the molecule is COc1ccc(OC)c(NC(=O)c2ccc(=O)n(Cc3cccc(C)c3)c2)c1. The molecule has 0 spiro atoms. The van der Waals surface area contributed by atoms with Crippen LogP contribution in [-0.4, -0.2) is 24.7 Å². The molecule has 3 aromatic rings. The average Bonchev–Trinajstić information content (AvgIpc) is 2.69. The van der Waals surface area contributed by atoms with Gasteiger partial charge in [0, 0.05) is 18.3 Å². The van der Waals surface area contributed by atoms with E-state index in [0.717, 1.165) is 11.1 Å². The number of aryl methyl sites for hydroxylation is 1. The second kappa shape index (κ2) is 8.43. The van der Waals surface area contributed by atoms with Crippen molar-refractivity contribution in [2.45, 2.75) is 13.5 Å². The van der Waals surface area contributed by atoms with E-state index in [9.17, 15) is 9.59 Å². The lowest BCUT2D eigenvalue weighted by molar-refractivity contribution is 0.102. The van der Waals surface area contributed by atoms with E-state index in [1.165, 1.54) is 23.8 Å². The summed E-state index contributed by atoms with van der Waals surface area (Å²) >= 11 is 0. The molecule has 0 bridgehead atoms. The summed E-state index contributed by atoms with van der Waals surface area (Å²) in [7, 11) is 3.08. The number of pyridine rings is 1. The molecule has 3 rings (SSSR count). The zero-order chi connectivity index (χ0) is 20.1. The van der Waals surface area contributed by atoms with E-state index in [4.69, 9.17) is 9.47 Å². The lowest BCUT2D eigenvalue weighted by Crippen LogP contribution is -2.22. The van der Waals surface area contributed by atoms with Crippen LogP contribution in [0.1, 0.15) is 21.5 Å². The molecule has 6 nitrogen and oxygen atoms in total. The van der Waals surface area contributed by atoms with Gasteiger partial charge in [0.05, 0.1) is 32.0 Å². The van der Waals surface area contributed by atoms with Gasteiger partial charge in [-0.2, -0.15) is 0 Å². The van der Waals surface area contributed by atoms with Crippen LogP contribution in [0, 0.1) is 6.92 Å². The second-order valence-electron chi connectivity index (χ2n) is 6.39. The molecule has 0 unspecified atom stereocenters. The minimum absolute atomic E-state index is 0.169. The van der Waals surface area contributed by atoms with E-state index >= 15 is 0 Å². The first-order valence-electron chi connectivity index (χ1n) is 8.79. The molecule has 1 N–H and O–H groups in total. The molecule has 144 valence electrons. The lowest BCUT2D eigenvalue weighted by atomic mass is 10.1. The van der Waals surface area contributed by atoms with Gasteiger partial charge in [-0.25, -0.2) is 0 Å². The highest BCUT2D eigenvalue weighted by molar-refractivity contribution is 6.04. The fourth-order valence-electron chi connectivity index (χ4n) is 2.90. The molecular weight excluding hydrogens is 356 g/mol. The number of rotatable bonds is 6. The number of carbonyl (C=O) groups excluding carboxylic acids is 1. The van der Waals surface area contributed by atoms with Gasteiger partial charge in [0.1, 0.15) is 11.5 Å². The number of ether oxygens (including phenoxy) is 2. The Bertz CT molecular complexity index is 1060. The van der Waals surface area contributed by atoms with Crippen LogP contribution in [0.4, 0.5) is 5.69 Å². The van der Waals surface area contributed by atoms with E-state index in [1.807, 2.05) is 31.2 Å². The van der Waals surface area contributed by atoms with Gasteiger partial charge in [0.25, 0.3) is 11.5 Å². The van der Waals surface area contributed by atoms with Crippen molar-refractivity contribution in [3.05, 3.63) is 87.8 Å². The van der Waals surface area contributed by atoms with E-state index < -0.39 is 0 Å². The maximum Gasteiger partial charge on any atom is 0.257 e. The number of methoxy groups -OCH3 is 2. The Morgan fingerprint density at radius 2 is 1.86 bits per heavy atom. The first kappa shape index (κ1) is 19.2. The number of benzene rings is 2. The molecule has 0 atom stereocenters.